The Morgan fingerprint density at radius 1 is 0.811 bits per heavy atom. The van der Waals surface area contributed by atoms with Gasteiger partial charge in [-0.1, -0.05) is 72.8 Å². The predicted octanol–water partition coefficient (Wildman–Crippen LogP) is 7.95. The van der Waals surface area contributed by atoms with Crippen LogP contribution in [0.3, 0.4) is 0 Å². The van der Waals surface area contributed by atoms with E-state index in [9.17, 15) is 4.79 Å². The number of pyridine rings is 1. The zero-order chi connectivity index (χ0) is 37.0. The Labute approximate surface area is 313 Å². The lowest BCUT2D eigenvalue weighted by atomic mass is 9.95. The number of hydrogen-bond donors (Lipinski definition) is 0. The molecule has 1 atom stereocenters. The first-order valence-corrected chi connectivity index (χ1v) is 18.9. The van der Waals surface area contributed by atoms with Crippen LogP contribution in [0.25, 0.3) is 22.2 Å². The van der Waals surface area contributed by atoms with E-state index in [2.05, 4.69) is 34.9 Å². The van der Waals surface area contributed by atoms with Gasteiger partial charge in [0.1, 0.15) is 24.5 Å². The van der Waals surface area contributed by atoms with Crippen molar-refractivity contribution in [1.82, 2.24) is 24.6 Å². The Morgan fingerprint density at radius 2 is 1.49 bits per heavy atom. The van der Waals surface area contributed by atoms with E-state index in [1.807, 2.05) is 110 Å². The molecule has 10 nitrogen and oxygen atoms in total. The van der Waals surface area contributed by atoms with Crippen molar-refractivity contribution < 1.29 is 19.0 Å². The molecule has 2 aromatic heterocycles. The van der Waals surface area contributed by atoms with Crippen LogP contribution in [0, 0.1) is 5.92 Å². The van der Waals surface area contributed by atoms with Gasteiger partial charge in [-0.25, -0.2) is 4.79 Å². The lowest BCUT2D eigenvalue weighted by molar-refractivity contribution is -0.000593. The number of aromatic nitrogens is 3. The smallest absolute Gasteiger partial charge is 0.410 e. The number of fused-ring (bicyclic) bond motifs is 1. The molecule has 5 aromatic rings. The van der Waals surface area contributed by atoms with E-state index < -0.39 is 5.60 Å². The molecule has 0 spiro atoms. The third-order valence-electron chi connectivity index (χ3n) is 10.2. The zero-order valence-corrected chi connectivity index (χ0v) is 31.7. The summed E-state index contributed by atoms with van der Waals surface area (Å²) in [6.07, 6.45) is 2.03. The van der Waals surface area contributed by atoms with Gasteiger partial charge in [0.15, 0.2) is 0 Å². The summed E-state index contributed by atoms with van der Waals surface area (Å²) in [5, 5.41) is 6.14. The number of piperazine rings is 1. The molecule has 53 heavy (non-hydrogen) atoms. The maximum Gasteiger partial charge on any atom is 0.410 e. The summed E-state index contributed by atoms with van der Waals surface area (Å²) in [5.74, 6) is 1.61. The number of amides is 1. The molecule has 278 valence electrons. The molecular formula is C43H52N6O4. The van der Waals surface area contributed by atoms with Gasteiger partial charge in [-0.3, -0.25) is 9.58 Å². The van der Waals surface area contributed by atoms with Crippen molar-refractivity contribution in [1.29, 1.82) is 0 Å². The van der Waals surface area contributed by atoms with E-state index in [1.54, 1.807) is 0 Å². The van der Waals surface area contributed by atoms with Gasteiger partial charge >= 0.3 is 6.09 Å². The van der Waals surface area contributed by atoms with Crippen LogP contribution in [0.1, 0.15) is 51.7 Å². The first-order chi connectivity index (χ1) is 25.6. The number of carbonyl (C=O) groups excluding carboxylic acids is 1. The minimum Gasteiger partial charge on any atom is -0.473 e. The number of benzene rings is 3. The first-order valence-electron chi connectivity index (χ1n) is 18.9. The van der Waals surface area contributed by atoms with Gasteiger partial charge in [-0.05, 0) is 69.7 Å². The topological polar surface area (TPSA) is 85.2 Å². The van der Waals surface area contributed by atoms with E-state index in [0.29, 0.717) is 37.4 Å². The van der Waals surface area contributed by atoms with Gasteiger partial charge in [0.05, 0.1) is 16.8 Å². The van der Waals surface area contributed by atoms with E-state index in [-0.39, 0.29) is 12.1 Å². The Hall–Kier alpha value is -5.09. The van der Waals surface area contributed by atoms with Gasteiger partial charge in [-0.15, -0.1) is 0 Å². The monoisotopic (exact) mass is 716 g/mol. The van der Waals surface area contributed by atoms with Crippen molar-refractivity contribution in [2.75, 3.05) is 44.2 Å². The molecule has 0 saturated carbocycles. The number of rotatable bonds is 10. The van der Waals surface area contributed by atoms with Crippen LogP contribution in [0.5, 0.6) is 11.8 Å². The highest BCUT2D eigenvalue weighted by molar-refractivity contribution is 6.01. The number of piperidine rings is 1. The van der Waals surface area contributed by atoms with Gasteiger partial charge < -0.3 is 24.0 Å². The summed E-state index contributed by atoms with van der Waals surface area (Å²) in [4.78, 5) is 24.5. The molecule has 0 bridgehead atoms. The summed E-state index contributed by atoms with van der Waals surface area (Å²) in [6, 6.07) is 30.8. The standard InChI is InChI=1S/C43H52N6O4/c1-31-27-47(25-26-49(31)42(50)53-43(2,3)4)28-32-21-23-48(24-22-32)37-18-12-17-35-39(45-46(5)40(35)37)36-19-20-38(51-29-33-13-8-6-9-14-33)44-41(36)52-30-34-15-10-7-11-16-34/h6-20,31-32H,21-30H2,1-5H3/t31-/m1/s1. The minimum atomic E-state index is -0.482. The summed E-state index contributed by atoms with van der Waals surface area (Å²) in [7, 11) is 2.02. The van der Waals surface area contributed by atoms with Gasteiger partial charge in [-0.2, -0.15) is 10.1 Å². The highest BCUT2D eigenvalue weighted by Gasteiger charge is 2.32. The van der Waals surface area contributed by atoms with Crippen molar-refractivity contribution in [3.8, 4) is 23.0 Å². The Bertz CT molecular complexity index is 1990. The Kier molecular flexibility index (Phi) is 10.9. The molecule has 3 aromatic carbocycles. The molecule has 4 heterocycles. The fourth-order valence-electron chi connectivity index (χ4n) is 7.53. The third-order valence-corrected chi connectivity index (χ3v) is 10.2. The average molecular weight is 717 g/mol. The molecule has 1 amide bonds. The zero-order valence-electron chi connectivity index (χ0n) is 31.7. The van der Waals surface area contributed by atoms with E-state index in [4.69, 9.17) is 24.3 Å². The molecular weight excluding hydrogens is 665 g/mol. The van der Waals surface area contributed by atoms with Crippen molar-refractivity contribution >= 4 is 22.7 Å². The fourth-order valence-corrected chi connectivity index (χ4v) is 7.53. The van der Waals surface area contributed by atoms with Crippen molar-refractivity contribution in [2.24, 2.45) is 13.0 Å². The van der Waals surface area contributed by atoms with E-state index in [0.717, 1.165) is 78.9 Å². The molecule has 2 fully saturated rings. The quantitative estimate of drug-likeness (QED) is 0.144. The molecule has 0 radical (unpaired) electrons. The summed E-state index contributed by atoms with van der Waals surface area (Å²) >= 11 is 0. The lowest BCUT2D eigenvalue weighted by Gasteiger charge is -2.42. The molecule has 10 heteroatoms. The Balaban J connectivity index is 1.05. The van der Waals surface area contributed by atoms with Crippen molar-refractivity contribution in [3.05, 3.63) is 102 Å². The highest BCUT2D eigenvalue weighted by Crippen LogP contribution is 2.39. The number of anilines is 1. The van der Waals surface area contributed by atoms with Crippen LogP contribution >= 0.6 is 0 Å². The SMILES string of the molecule is C[C@@H]1CN(CC2CCN(c3cccc4c(-c5ccc(OCc6ccccc6)nc5OCc5ccccc5)nn(C)c34)CC2)CCN1C(=O)OC(C)(C)C. The van der Waals surface area contributed by atoms with Crippen LogP contribution in [-0.2, 0) is 25.0 Å². The van der Waals surface area contributed by atoms with E-state index in [1.165, 1.54) is 5.69 Å². The number of aryl methyl sites for hydroxylation is 1. The average Bonchev–Trinajstić information content (AvgIpc) is 3.49. The van der Waals surface area contributed by atoms with E-state index >= 15 is 0 Å². The van der Waals surface area contributed by atoms with Crippen molar-refractivity contribution in [2.45, 2.75) is 65.4 Å². The number of carbonyl (C=O) groups is 1. The summed E-state index contributed by atoms with van der Waals surface area (Å²) in [6.45, 7) is 14.2. The Morgan fingerprint density at radius 3 is 2.15 bits per heavy atom. The number of hydrogen-bond acceptors (Lipinski definition) is 8. The second-order valence-electron chi connectivity index (χ2n) is 15.4. The molecule has 2 aliphatic heterocycles. The number of nitrogens with zero attached hydrogens (tertiary/aromatic N) is 6. The normalized spacial score (nSPS) is 17.3. The molecule has 2 saturated heterocycles. The van der Waals surface area contributed by atoms with Crippen LogP contribution in [0.2, 0.25) is 0 Å². The van der Waals surface area contributed by atoms with Gasteiger partial charge in [0.2, 0.25) is 11.8 Å². The van der Waals surface area contributed by atoms with Crippen LogP contribution < -0.4 is 14.4 Å². The molecule has 0 unspecified atom stereocenters. The van der Waals surface area contributed by atoms with Crippen LogP contribution in [0.15, 0.2) is 91.0 Å². The fraction of sp³-hybridized carbons (Fsp3) is 0.419. The summed E-state index contributed by atoms with van der Waals surface area (Å²) < 4.78 is 20.2. The molecule has 0 N–H and O–H groups in total. The van der Waals surface area contributed by atoms with Crippen LogP contribution in [0.4, 0.5) is 10.5 Å². The lowest BCUT2D eigenvalue weighted by Crippen LogP contribution is -2.56. The maximum absolute atomic E-state index is 12.7. The second-order valence-corrected chi connectivity index (χ2v) is 15.4. The number of para-hydroxylation sites is 1. The van der Waals surface area contributed by atoms with Gasteiger partial charge in [0, 0.05) is 63.8 Å². The highest BCUT2D eigenvalue weighted by atomic mass is 16.6. The predicted molar refractivity (Wildman–Crippen MR) is 209 cm³/mol. The largest absolute Gasteiger partial charge is 0.473 e. The van der Waals surface area contributed by atoms with Gasteiger partial charge in [0.25, 0.3) is 0 Å². The molecule has 2 aliphatic rings. The van der Waals surface area contributed by atoms with Crippen molar-refractivity contribution in [3.63, 3.8) is 0 Å². The summed E-state index contributed by atoms with van der Waals surface area (Å²) in [5.41, 5.74) is 5.62. The van der Waals surface area contributed by atoms with Crippen LogP contribution in [-0.4, -0.2) is 81.6 Å². The first kappa shape index (κ1) is 36.3. The number of ether oxygens (including phenoxy) is 3. The minimum absolute atomic E-state index is 0.132. The maximum atomic E-state index is 12.7. The second kappa shape index (κ2) is 15.9. The third kappa shape index (κ3) is 8.76. The molecule has 0 aliphatic carbocycles. The molecule has 7 rings (SSSR count).